The van der Waals surface area contributed by atoms with E-state index in [0.717, 1.165) is 49.8 Å². The molecule has 21 heavy (non-hydrogen) atoms. The van der Waals surface area contributed by atoms with E-state index in [2.05, 4.69) is 12.2 Å². The third-order valence-electron chi connectivity index (χ3n) is 4.27. The number of nitrogens with one attached hydrogen (secondary N) is 1. The van der Waals surface area contributed by atoms with E-state index in [1.807, 2.05) is 31.2 Å². The Bertz CT molecular complexity index is 554. The quantitative estimate of drug-likeness (QED) is 0.877. The Morgan fingerprint density at radius 2 is 2.00 bits per heavy atom. The van der Waals surface area contributed by atoms with E-state index in [9.17, 15) is 8.42 Å². The van der Waals surface area contributed by atoms with Crippen LogP contribution in [0.5, 0.6) is 0 Å². The molecular weight excluding hydrogens is 282 g/mol. The summed E-state index contributed by atoms with van der Waals surface area (Å²) in [4.78, 5) is 0. The van der Waals surface area contributed by atoms with Gasteiger partial charge in [0.25, 0.3) is 0 Å². The van der Waals surface area contributed by atoms with Gasteiger partial charge in [0.15, 0.2) is 9.84 Å². The molecule has 2 rings (SSSR count). The van der Waals surface area contributed by atoms with Crippen LogP contribution in [-0.2, 0) is 15.6 Å². The normalized spacial score (nSPS) is 23.1. The number of aryl methyl sites for hydroxylation is 1. The molecule has 1 aliphatic carbocycles. The molecule has 4 heteroatoms. The van der Waals surface area contributed by atoms with Gasteiger partial charge in [-0.05, 0) is 38.3 Å². The minimum absolute atomic E-state index is 0.133. The van der Waals surface area contributed by atoms with Gasteiger partial charge in [-0.25, -0.2) is 8.42 Å². The molecule has 0 spiro atoms. The molecule has 2 atom stereocenters. The van der Waals surface area contributed by atoms with Gasteiger partial charge in [-0.3, -0.25) is 0 Å². The first-order chi connectivity index (χ1) is 10.0. The van der Waals surface area contributed by atoms with Crippen molar-refractivity contribution in [3.8, 4) is 0 Å². The summed E-state index contributed by atoms with van der Waals surface area (Å²) in [5, 5.41) is 3.22. The van der Waals surface area contributed by atoms with E-state index in [4.69, 9.17) is 0 Å². The van der Waals surface area contributed by atoms with Gasteiger partial charge in [0, 0.05) is 6.04 Å². The predicted molar refractivity (Wildman–Crippen MR) is 88.1 cm³/mol. The SMILES string of the molecule is CCCNC1CCCCC1S(=O)(=O)Cc1cccc(C)c1. The molecule has 0 saturated heterocycles. The third kappa shape index (κ3) is 4.55. The molecule has 0 bridgehead atoms. The zero-order chi connectivity index (χ0) is 15.3. The molecule has 1 aromatic carbocycles. The summed E-state index contributed by atoms with van der Waals surface area (Å²) in [6.45, 7) is 5.02. The first-order valence-electron chi connectivity index (χ1n) is 8.03. The lowest BCUT2D eigenvalue weighted by atomic mass is 9.95. The fourth-order valence-electron chi connectivity index (χ4n) is 3.23. The Hall–Kier alpha value is -0.870. The maximum Gasteiger partial charge on any atom is 0.158 e. The van der Waals surface area contributed by atoms with Crippen LogP contribution in [0.4, 0.5) is 0 Å². The summed E-state index contributed by atoms with van der Waals surface area (Å²) in [5.41, 5.74) is 2.03. The molecule has 3 nitrogen and oxygen atoms in total. The van der Waals surface area contributed by atoms with E-state index >= 15 is 0 Å². The Labute approximate surface area is 129 Å². The first kappa shape index (κ1) is 16.5. The monoisotopic (exact) mass is 309 g/mol. The average Bonchev–Trinajstić information content (AvgIpc) is 2.45. The van der Waals surface area contributed by atoms with E-state index in [-0.39, 0.29) is 17.0 Å². The number of rotatable bonds is 6. The fourth-order valence-corrected chi connectivity index (χ4v) is 5.35. The number of hydrogen-bond acceptors (Lipinski definition) is 3. The Morgan fingerprint density at radius 1 is 1.24 bits per heavy atom. The lowest BCUT2D eigenvalue weighted by Crippen LogP contribution is -2.46. The standard InChI is InChI=1S/C17H27NO2S/c1-3-11-18-16-9-4-5-10-17(16)21(19,20)13-15-8-6-7-14(2)12-15/h6-8,12,16-18H,3-5,9-11,13H2,1-2H3. The van der Waals surface area contributed by atoms with Crippen LogP contribution in [0.1, 0.15) is 50.2 Å². The maximum absolute atomic E-state index is 12.8. The molecule has 0 amide bonds. The second kappa shape index (κ2) is 7.41. The van der Waals surface area contributed by atoms with Crippen molar-refractivity contribution in [2.45, 2.75) is 63.0 Å². The molecule has 1 N–H and O–H groups in total. The highest BCUT2D eigenvalue weighted by Crippen LogP contribution is 2.27. The van der Waals surface area contributed by atoms with Crippen LogP contribution in [0, 0.1) is 6.92 Å². The lowest BCUT2D eigenvalue weighted by Gasteiger charge is -2.32. The van der Waals surface area contributed by atoms with Gasteiger partial charge < -0.3 is 5.32 Å². The van der Waals surface area contributed by atoms with Crippen molar-refractivity contribution in [3.63, 3.8) is 0 Å². The van der Waals surface area contributed by atoms with Gasteiger partial charge >= 0.3 is 0 Å². The smallest absolute Gasteiger partial charge is 0.158 e. The van der Waals surface area contributed by atoms with Crippen LogP contribution in [0.3, 0.4) is 0 Å². The predicted octanol–water partition coefficient (Wildman–Crippen LogP) is 3.22. The Balaban J connectivity index is 2.12. The number of hydrogen-bond donors (Lipinski definition) is 1. The van der Waals surface area contributed by atoms with E-state index < -0.39 is 9.84 Å². The maximum atomic E-state index is 12.8. The van der Waals surface area contributed by atoms with Crippen molar-refractivity contribution in [1.29, 1.82) is 0 Å². The molecular formula is C17H27NO2S. The molecule has 0 aromatic heterocycles. The Kier molecular flexibility index (Phi) is 5.82. The van der Waals surface area contributed by atoms with Gasteiger partial charge in [-0.2, -0.15) is 0 Å². The zero-order valence-electron chi connectivity index (χ0n) is 13.1. The highest BCUT2D eigenvalue weighted by molar-refractivity contribution is 7.91. The van der Waals surface area contributed by atoms with E-state index in [1.165, 1.54) is 0 Å². The summed E-state index contributed by atoms with van der Waals surface area (Å²) in [7, 11) is -3.10. The topological polar surface area (TPSA) is 46.2 Å². The molecule has 1 aromatic rings. The van der Waals surface area contributed by atoms with Crippen LogP contribution < -0.4 is 5.32 Å². The molecule has 1 aliphatic rings. The number of benzene rings is 1. The van der Waals surface area contributed by atoms with Crippen LogP contribution in [-0.4, -0.2) is 26.3 Å². The highest BCUT2D eigenvalue weighted by atomic mass is 32.2. The zero-order valence-corrected chi connectivity index (χ0v) is 14.0. The van der Waals surface area contributed by atoms with Crippen LogP contribution >= 0.6 is 0 Å². The number of sulfone groups is 1. The molecule has 1 fully saturated rings. The summed E-state index contributed by atoms with van der Waals surface area (Å²) in [5.74, 6) is 0.170. The second-order valence-corrected chi connectivity index (χ2v) is 8.40. The van der Waals surface area contributed by atoms with Crippen molar-refractivity contribution in [3.05, 3.63) is 35.4 Å². The lowest BCUT2D eigenvalue weighted by molar-refractivity contribution is 0.371. The summed E-state index contributed by atoms with van der Waals surface area (Å²) >= 11 is 0. The molecule has 118 valence electrons. The van der Waals surface area contributed by atoms with Crippen molar-refractivity contribution in [2.24, 2.45) is 0 Å². The van der Waals surface area contributed by atoms with E-state index in [0.29, 0.717) is 0 Å². The van der Waals surface area contributed by atoms with Crippen molar-refractivity contribution in [1.82, 2.24) is 5.32 Å². The molecule has 1 saturated carbocycles. The van der Waals surface area contributed by atoms with Crippen LogP contribution in [0.15, 0.2) is 24.3 Å². The summed E-state index contributed by atoms with van der Waals surface area (Å²) in [6, 6.07) is 7.97. The fraction of sp³-hybridized carbons (Fsp3) is 0.647. The summed E-state index contributed by atoms with van der Waals surface area (Å²) in [6.07, 6.45) is 4.99. The van der Waals surface area contributed by atoms with Crippen molar-refractivity contribution >= 4 is 9.84 Å². The van der Waals surface area contributed by atoms with Crippen molar-refractivity contribution in [2.75, 3.05) is 6.54 Å². The van der Waals surface area contributed by atoms with E-state index in [1.54, 1.807) is 0 Å². The van der Waals surface area contributed by atoms with Crippen LogP contribution in [0.2, 0.25) is 0 Å². The van der Waals surface area contributed by atoms with Gasteiger partial charge in [0.05, 0.1) is 11.0 Å². The Morgan fingerprint density at radius 3 is 2.71 bits per heavy atom. The van der Waals surface area contributed by atoms with Gasteiger partial charge in [0.1, 0.15) is 0 Å². The van der Waals surface area contributed by atoms with Gasteiger partial charge in [0.2, 0.25) is 0 Å². The van der Waals surface area contributed by atoms with Crippen LogP contribution in [0.25, 0.3) is 0 Å². The summed E-state index contributed by atoms with van der Waals surface area (Å²) < 4.78 is 25.6. The van der Waals surface area contributed by atoms with Gasteiger partial charge in [-0.1, -0.05) is 49.6 Å². The van der Waals surface area contributed by atoms with Crippen molar-refractivity contribution < 1.29 is 8.42 Å². The molecule has 0 heterocycles. The average molecular weight is 309 g/mol. The first-order valence-corrected chi connectivity index (χ1v) is 9.75. The third-order valence-corrected chi connectivity index (χ3v) is 6.49. The molecule has 0 aliphatic heterocycles. The minimum Gasteiger partial charge on any atom is -0.313 e. The second-order valence-electron chi connectivity index (χ2n) is 6.18. The minimum atomic E-state index is -3.10. The molecule has 2 unspecified atom stereocenters. The highest BCUT2D eigenvalue weighted by Gasteiger charge is 2.34. The van der Waals surface area contributed by atoms with Gasteiger partial charge in [-0.15, -0.1) is 0 Å². The molecule has 0 radical (unpaired) electrons. The largest absolute Gasteiger partial charge is 0.313 e.